The molecule has 0 aromatic carbocycles. The highest BCUT2D eigenvalue weighted by atomic mass is 16.6. The van der Waals surface area contributed by atoms with Gasteiger partial charge in [-0.3, -0.25) is 0 Å². The number of nitrogens with two attached hydrogens (primary N) is 1. The van der Waals surface area contributed by atoms with Crippen molar-refractivity contribution in [1.29, 1.82) is 0 Å². The maximum atomic E-state index is 9.88. The fourth-order valence-electron chi connectivity index (χ4n) is 1.18. The van der Waals surface area contributed by atoms with Crippen molar-refractivity contribution in [1.82, 2.24) is 0 Å². The van der Waals surface area contributed by atoms with E-state index in [0.29, 0.717) is 6.54 Å². The van der Waals surface area contributed by atoms with E-state index in [0.717, 1.165) is 12.8 Å². The third-order valence-corrected chi connectivity index (χ3v) is 2.16. The second kappa shape index (κ2) is 5.10. The normalized spacial score (nSPS) is 15.6. The summed E-state index contributed by atoms with van der Waals surface area (Å²) < 4.78 is 5.51. The number of ether oxygens (including phenoxy) is 1. The first kappa shape index (κ1) is 13.9. The van der Waals surface area contributed by atoms with Gasteiger partial charge in [0, 0.05) is 5.41 Å². The summed E-state index contributed by atoms with van der Waals surface area (Å²) >= 11 is 0. The Labute approximate surface area is 87.6 Å². The predicted octanol–water partition coefficient (Wildman–Crippen LogP) is 1.89. The summed E-state index contributed by atoms with van der Waals surface area (Å²) in [5.74, 6) is 0. The molecule has 0 amide bonds. The summed E-state index contributed by atoms with van der Waals surface area (Å²) in [5, 5.41) is 9.88. The van der Waals surface area contributed by atoms with E-state index in [4.69, 9.17) is 10.5 Å². The Bertz CT molecular complexity index is 161. The van der Waals surface area contributed by atoms with Crippen LogP contribution >= 0.6 is 0 Å². The first-order valence-corrected chi connectivity index (χ1v) is 5.25. The highest BCUT2D eigenvalue weighted by molar-refractivity contribution is 4.74. The molecule has 1 unspecified atom stereocenters. The molecule has 0 saturated heterocycles. The molecule has 0 fully saturated rings. The van der Waals surface area contributed by atoms with Crippen molar-refractivity contribution in [2.24, 2.45) is 11.1 Å². The minimum Gasteiger partial charge on any atom is -0.367 e. The molecule has 14 heavy (non-hydrogen) atoms. The van der Waals surface area contributed by atoms with Crippen molar-refractivity contribution in [3.8, 4) is 0 Å². The summed E-state index contributed by atoms with van der Waals surface area (Å²) in [6.45, 7) is 10.5. The highest BCUT2D eigenvalue weighted by Gasteiger charge is 2.31. The fourth-order valence-corrected chi connectivity index (χ4v) is 1.18. The van der Waals surface area contributed by atoms with Crippen LogP contribution in [0.25, 0.3) is 0 Å². The van der Waals surface area contributed by atoms with Gasteiger partial charge in [-0.1, -0.05) is 13.8 Å². The quantitative estimate of drug-likeness (QED) is 0.671. The molecule has 0 saturated carbocycles. The average molecular weight is 203 g/mol. The Kier molecular flexibility index (Phi) is 5.06. The Morgan fingerprint density at radius 1 is 1.21 bits per heavy atom. The van der Waals surface area contributed by atoms with Gasteiger partial charge < -0.3 is 15.6 Å². The lowest BCUT2D eigenvalue weighted by Gasteiger charge is -2.35. The van der Waals surface area contributed by atoms with Gasteiger partial charge in [0.05, 0.1) is 5.60 Å². The van der Waals surface area contributed by atoms with E-state index in [2.05, 4.69) is 0 Å². The number of hydrogen-bond acceptors (Lipinski definition) is 3. The molecule has 0 bridgehead atoms. The molecular weight excluding hydrogens is 178 g/mol. The van der Waals surface area contributed by atoms with E-state index in [1.165, 1.54) is 0 Å². The number of aliphatic hydroxyl groups excluding tert-OH is 1. The van der Waals surface area contributed by atoms with E-state index in [1.807, 2.05) is 34.6 Å². The van der Waals surface area contributed by atoms with Crippen molar-refractivity contribution in [2.75, 3.05) is 6.54 Å². The first-order chi connectivity index (χ1) is 6.19. The molecule has 0 aromatic rings. The van der Waals surface area contributed by atoms with E-state index < -0.39 is 6.29 Å². The van der Waals surface area contributed by atoms with Crippen LogP contribution in [0.2, 0.25) is 0 Å². The van der Waals surface area contributed by atoms with E-state index in [9.17, 15) is 5.11 Å². The van der Waals surface area contributed by atoms with Crippen molar-refractivity contribution in [2.45, 2.75) is 59.4 Å². The number of rotatable bonds is 5. The van der Waals surface area contributed by atoms with Gasteiger partial charge in [-0.15, -0.1) is 0 Å². The lowest BCUT2D eigenvalue weighted by molar-refractivity contribution is -0.217. The third kappa shape index (κ3) is 5.58. The molecule has 0 aromatic heterocycles. The van der Waals surface area contributed by atoms with Crippen molar-refractivity contribution >= 4 is 0 Å². The van der Waals surface area contributed by atoms with Gasteiger partial charge in [-0.2, -0.15) is 0 Å². The molecule has 86 valence electrons. The Morgan fingerprint density at radius 2 is 1.71 bits per heavy atom. The van der Waals surface area contributed by atoms with Crippen LogP contribution < -0.4 is 5.73 Å². The van der Waals surface area contributed by atoms with Gasteiger partial charge in [-0.25, -0.2) is 0 Å². The Hall–Kier alpha value is -0.120. The predicted molar refractivity (Wildman–Crippen MR) is 58.9 cm³/mol. The molecule has 0 aliphatic carbocycles. The molecule has 0 aliphatic heterocycles. The van der Waals surface area contributed by atoms with Crippen LogP contribution in [-0.2, 0) is 4.74 Å². The fraction of sp³-hybridized carbons (Fsp3) is 1.00. The average Bonchev–Trinajstić information content (AvgIpc) is 1.97. The lowest BCUT2D eigenvalue weighted by Crippen LogP contribution is -2.38. The van der Waals surface area contributed by atoms with Crippen LogP contribution in [0.1, 0.15) is 47.5 Å². The molecular formula is C11H25NO2. The zero-order chi connectivity index (χ0) is 11.4. The SMILES string of the molecule is CC(C)(C)OC(O)C(C)(C)CCCN. The Morgan fingerprint density at radius 3 is 2.07 bits per heavy atom. The standard InChI is InChI=1S/C11H25NO2/c1-10(2,3)14-9(13)11(4,5)7-6-8-12/h9,13H,6-8,12H2,1-5H3. The summed E-state index contributed by atoms with van der Waals surface area (Å²) in [6.07, 6.45) is 1.06. The molecule has 0 rings (SSSR count). The maximum Gasteiger partial charge on any atom is 0.160 e. The zero-order valence-electron chi connectivity index (χ0n) is 10.1. The van der Waals surface area contributed by atoms with Gasteiger partial charge in [0.25, 0.3) is 0 Å². The summed E-state index contributed by atoms with van der Waals surface area (Å²) in [6, 6.07) is 0. The minimum absolute atomic E-state index is 0.230. The first-order valence-electron chi connectivity index (χ1n) is 5.25. The molecule has 0 heterocycles. The minimum atomic E-state index is -0.728. The van der Waals surface area contributed by atoms with Crippen LogP contribution in [0.4, 0.5) is 0 Å². The monoisotopic (exact) mass is 203 g/mol. The Balaban J connectivity index is 4.13. The van der Waals surface area contributed by atoms with Gasteiger partial charge in [-0.05, 0) is 40.2 Å². The van der Waals surface area contributed by atoms with E-state index in [1.54, 1.807) is 0 Å². The van der Waals surface area contributed by atoms with Crippen LogP contribution in [-0.4, -0.2) is 23.5 Å². The molecule has 1 atom stereocenters. The van der Waals surface area contributed by atoms with Crippen molar-refractivity contribution in [3.63, 3.8) is 0 Å². The van der Waals surface area contributed by atoms with Gasteiger partial charge >= 0.3 is 0 Å². The topological polar surface area (TPSA) is 55.5 Å². The van der Waals surface area contributed by atoms with E-state index >= 15 is 0 Å². The van der Waals surface area contributed by atoms with Gasteiger partial charge in [0.1, 0.15) is 0 Å². The van der Waals surface area contributed by atoms with Crippen LogP contribution in [0.3, 0.4) is 0 Å². The molecule has 3 N–H and O–H groups in total. The van der Waals surface area contributed by atoms with Crippen LogP contribution in [0, 0.1) is 5.41 Å². The molecule has 0 spiro atoms. The molecule has 0 aliphatic rings. The van der Waals surface area contributed by atoms with Gasteiger partial charge in [0.2, 0.25) is 0 Å². The van der Waals surface area contributed by atoms with Crippen molar-refractivity contribution < 1.29 is 9.84 Å². The second-order valence-electron chi connectivity index (χ2n) is 5.46. The number of aliphatic hydroxyl groups is 1. The molecule has 0 radical (unpaired) electrons. The van der Waals surface area contributed by atoms with Gasteiger partial charge in [0.15, 0.2) is 6.29 Å². The highest BCUT2D eigenvalue weighted by Crippen LogP contribution is 2.29. The summed E-state index contributed by atoms with van der Waals surface area (Å²) in [7, 11) is 0. The van der Waals surface area contributed by atoms with Crippen LogP contribution in [0.15, 0.2) is 0 Å². The zero-order valence-corrected chi connectivity index (χ0v) is 10.1. The lowest BCUT2D eigenvalue weighted by atomic mass is 9.86. The maximum absolute atomic E-state index is 9.88. The summed E-state index contributed by atoms with van der Waals surface area (Å²) in [5.41, 5.74) is 4.90. The molecule has 3 nitrogen and oxygen atoms in total. The second-order valence-corrected chi connectivity index (χ2v) is 5.46. The smallest absolute Gasteiger partial charge is 0.160 e. The summed E-state index contributed by atoms with van der Waals surface area (Å²) in [4.78, 5) is 0. The van der Waals surface area contributed by atoms with E-state index in [-0.39, 0.29) is 11.0 Å². The largest absolute Gasteiger partial charge is 0.367 e. The van der Waals surface area contributed by atoms with Crippen LogP contribution in [0.5, 0.6) is 0 Å². The molecule has 3 heteroatoms. The number of hydrogen-bond donors (Lipinski definition) is 2. The van der Waals surface area contributed by atoms with Crippen molar-refractivity contribution in [3.05, 3.63) is 0 Å². The third-order valence-electron chi connectivity index (χ3n) is 2.16.